The monoisotopic (exact) mass is 312 g/mol. The lowest BCUT2D eigenvalue weighted by atomic mass is 10.3. The standard InChI is InChI=1S/C12H17BrN4O/c13-10-2-1-3-15-11(10)12(18)16-6-9-17-7-4-14-5-8-17/h1-3,14H,4-9H2,(H,16,18). The Morgan fingerprint density at radius 1 is 1.50 bits per heavy atom. The van der Waals surface area contributed by atoms with Crippen molar-refractivity contribution in [1.82, 2.24) is 20.5 Å². The fraction of sp³-hybridized carbons (Fsp3) is 0.500. The molecule has 2 N–H and O–H groups in total. The Hall–Kier alpha value is -0.980. The molecule has 0 unspecified atom stereocenters. The van der Waals surface area contributed by atoms with Gasteiger partial charge in [-0.2, -0.15) is 0 Å². The van der Waals surface area contributed by atoms with Crippen molar-refractivity contribution in [2.45, 2.75) is 0 Å². The number of aromatic nitrogens is 1. The SMILES string of the molecule is O=C(NCCN1CCNCC1)c1ncccc1Br. The Balaban J connectivity index is 1.76. The highest BCUT2D eigenvalue weighted by Gasteiger charge is 2.12. The second-order valence-corrected chi connectivity index (χ2v) is 5.04. The van der Waals surface area contributed by atoms with Gasteiger partial charge in [-0.15, -0.1) is 0 Å². The molecule has 1 aliphatic heterocycles. The van der Waals surface area contributed by atoms with E-state index < -0.39 is 0 Å². The molecule has 1 aromatic heterocycles. The van der Waals surface area contributed by atoms with E-state index in [9.17, 15) is 4.79 Å². The normalized spacial score (nSPS) is 16.5. The zero-order valence-electron chi connectivity index (χ0n) is 10.2. The molecule has 1 amide bonds. The molecule has 0 bridgehead atoms. The first kappa shape index (κ1) is 13.5. The predicted molar refractivity (Wildman–Crippen MR) is 73.6 cm³/mol. The van der Waals surface area contributed by atoms with E-state index >= 15 is 0 Å². The number of amides is 1. The third-order valence-corrected chi connectivity index (χ3v) is 3.54. The highest BCUT2D eigenvalue weighted by Crippen LogP contribution is 2.12. The van der Waals surface area contributed by atoms with Gasteiger partial charge < -0.3 is 10.6 Å². The van der Waals surface area contributed by atoms with Gasteiger partial charge in [0.1, 0.15) is 5.69 Å². The second kappa shape index (κ2) is 6.82. The van der Waals surface area contributed by atoms with Crippen molar-refractivity contribution in [1.29, 1.82) is 0 Å². The van der Waals surface area contributed by atoms with Gasteiger partial charge in [-0.25, -0.2) is 4.98 Å². The van der Waals surface area contributed by atoms with Crippen LogP contribution in [0.3, 0.4) is 0 Å². The van der Waals surface area contributed by atoms with Crippen LogP contribution in [0.5, 0.6) is 0 Å². The average Bonchev–Trinajstić information content (AvgIpc) is 2.40. The van der Waals surface area contributed by atoms with Gasteiger partial charge in [0.25, 0.3) is 5.91 Å². The fourth-order valence-electron chi connectivity index (χ4n) is 1.90. The van der Waals surface area contributed by atoms with Crippen molar-refractivity contribution >= 4 is 21.8 Å². The van der Waals surface area contributed by atoms with Gasteiger partial charge >= 0.3 is 0 Å². The first-order chi connectivity index (χ1) is 8.77. The van der Waals surface area contributed by atoms with E-state index in [0.717, 1.165) is 37.2 Å². The highest BCUT2D eigenvalue weighted by molar-refractivity contribution is 9.10. The van der Waals surface area contributed by atoms with Crippen molar-refractivity contribution in [3.63, 3.8) is 0 Å². The average molecular weight is 313 g/mol. The second-order valence-electron chi connectivity index (χ2n) is 4.18. The Kier molecular flexibility index (Phi) is 5.10. The number of halogens is 1. The number of nitrogens with zero attached hydrogens (tertiary/aromatic N) is 2. The summed E-state index contributed by atoms with van der Waals surface area (Å²) >= 11 is 3.32. The number of carbonyl (C=O) groups is 1. The Bertz CT molecular complexity index is 407. The highest BCUT2D eigenvalue weighted by atomic mass is 79.9. The summed E-state index contributed by atoms with van der Waals surface area (Å²) in [6, 6.07) is 3.61. The summed E-state index contributed by atoms with van der Waals surface area (Å²) in [6.07, 6.45) is 1.62. The Morgan fingerprint density at radius 2 is 2.28 bits per heavy atom. The number of pyridine rings is 1. The maximum Gasteiger partial charge on any atom is 0.271 e. The molecule has 1 aromatic rings. The van der Waals surface area contributed by atoms with Crippen LogP contribution in [0.1, 0.15) is 10.5 Å². The molecule has 0 radical (unpaired) electrons. The minimum atomic E-state index is -0.127. The van der Waals surface area contributed by atoms with E-state index in [-0.39, 0.29) is 5.91 Å². The Labute approximate surface area is 115 Å². The van der Waals surface area contributed by atoms with E-state index in [2.05, 4.69) is 36.4 Å². The van der Waals surface area contributed by atoms with E-state index in [0.29, 0.717) is 12.2 Å². The third-order valence-electron chi connectivity index (χ3n) is 2.90. The lowest BCUT2D eigenvalue weighted by Gasteiger charge is -2.27. The van der Waals surface area contributed by atoms with Crippen molar-refractivity contribution in [3.05, 3.63) is 28.5 Å². The molecule has 0 aliphatic carbocycles. The van der Waals surface area contributed by atoms with Crippen LogP contribution in [-0.2, 0) is 0 Å². The van der Waals surface area contributed by atoms with Gasteiger partial charge in [-0.05, 0) is 28.1 Å². The van der Waals surface area contributed by atoms with Crippen LogP contribution in [0.4, 0.5) is 0 Å². The zero-order valence-corrected chi connectivity index (χ0v) is 11.7. The smallest absolute Gasteiger partial charge is 0.271 e. The van der Waals surface area contributed by atoms with Crippen LogP contribution < -0.4 is 10.6 Å². The number of nitrogens with one attached hydrogen (secondary N) is 2. The summed E-state index contributed by atoms with van der Waals surface area (Å²) in [5.41, 5.74) is 0.442. The molecule has 98 valence electrons. The maximum atomic E-state index is 11.9. The van der Waals surface area contributed by atoms with E-state index in [1.165, 1.54) is 0 Å². The van der Waals surface area contributed by atoms with Gasteiger partial charge in [0, 0.05) is 49.9 Å². The van der Waals surface area contributed by atoms with Crippen LogP contribution in [0.25, 0.3) is 0 Å². The summed E-state index contributed by atoms with van der Waals surface area (Å²) < 4.78 is 0.727. The lowest BCUT2D eigenvalue weighted by molar-refractivity contribution is 0.0941. The minimum Gasteiger partial charge on any atom is -0.349 e. The third kappa shape index (κ3) is 3.76. The molecule has 5 nitrogen and oxygen atoms in total. The van der Waals surface area contributed by atoms with Crippen molar-refractivity contribution in [2.24, 2.45) is 0 Å². The van der Waals surface area contributed by atoms with Gasteiger partial charge in [-0.1, -0.05) is 0 Å². The molecule has 0 atom stereocenters. The summed E-state index contributed by atoms with van der Waals surface area (Å²) in [5, 5.41) is 6.20. The molecule has 0 saturated carbocycles. The molecule has 0 spiro atoms. The van der Waals surface area contributed by atoms with Crippen molar-refractivity contribution in [2.75, 3.05) is 39.3 Å². The van der Waals surface area contributed by atoms with Gasteiger partial charge in [-0.3, -0.25) is 9.69 Å². The van der Waals surface area contributed by atoms with E-state index in [4.69, 9.17) is 0 Å². The number of hydrogen-bond donors (Lipinski definition) is 2. The van der Waals surface area contributed by atoms with Gasteiger partial charge in [0.05, 0.1) is 0 Å². The van der Waals surface area contributed by atoms with Crippen LogP contribution in [0, 0.1) is 0 Å². The first-order valence-corrected chi connectivity index (χ1v) is 6.88. The fourth-order valence-corrected chi connectivity index (χ4v) is 2.33. The molecular formula is C12H17BrN4O. The van der Waals surface area contributed by atoms with Gasteiger partial charge in [0.15, 0.2) is 0 Å². The van der Waals surface area contributed by atoms with Crippen LogP contribution >= 0.6 is 15.9 Å². The molecular weight excluding hydrogens is 296 g/mol. The van der Waals surface area contributed by atoms with Crippen LogP contribution in [-0.4, -0.2) is 55.1 Å². The number of rotatable bonds is 4. The largest absolute Gasteiger partial charge is 0.349 e. The predicted octanol–water partition coefficient (Wildman–Crippen LogP) is 0.479. The number of carbonyl (C=O) groups excluding carboxylic acids is 1. The topological polar surface area (TPSA) is 57.3 Å². The summed E-state index contributed by atoms with van der Waals surface area (Å²) in [7, 11) is 0. The zero-order chi connectivity index (χ0) is 12.8. The summed E-state index contributed by atoms with van der Waals surface area (Å²) in [4.78, 5) is 18.3. The minimum absolute atomic E-state index is 0.127. The summed E-state index contributed by atoms with van der Waals surface area (Å²) in [6.45, 7) is 5.69. The van der Waals surface area contributed by atoms with Gasteiger partial charge in [0.2, 0.25) is 0 Å². The first-order valence-electron chi connectivity index (χ1n) is 6.09. The molecule has 18 heavy (non-hydrogen) atoms. The molecule has 0 aromatic carbocycles. The Morgan fingerprint density at radius 3 is 3.00 bits per heavy atom. The molecule has 1 aliphatic rings. The number of hydrogen-bond acceptors (Lipinski definition) is 4. The summed E-state index contributed by atoms with van der Waals surface area (Å²) in [5.74, 6) is -0.127. The van der Waals surface area contributed by atoms with Crippen molar-refractivity contribution in [3.8, 4) is 0 Å². The van der Waals surface area contributed by atoms with E-state index in [1.807, 2.05) is 6.07 Å². The lowest BCUT2D eigenvalue weighted by Crippen LogP contribution is -2.46. The van der Waals surface area contributed by atoms with Crippen LogP contribution in [0.2, 0.25) is 0 Å². The van der Waals surface area contributed by atoms with E-state index in [1.54, 1.807) is 12.3 Å². The molecule has 6 heteroatoms. The number of piperazine rings is 1. The molecule has 2 rings (SSSR count). The molecule has 2 heterocycles. The van der Waals surface area contributed by atoms with Crippen LogP contribution in [0.15, 0.2) is 22.8 Å². The quantitative estimate of drug-likeness (QED) is 0.849. The molecule has 1 fully saturated rings. The molecule has 1 saturated heterocycles. The van der Waals surface area contributed by atoms with Crippen molar-refractivity contribution < 1.29 is 4.79 Å². The maximum absolute atomic E-state index is 11.9.